The van der Waals surface area contributed by atoms with Crippen molar-refractivity contribution < 1.29 is 4.39 Å². The first kappa shape index (κ1) is 11.2. The van der Waals surface area contributed by atoms with Gasteiger partial charge in [0, 0.05) is 30.2 Å². The van der Waals surface area contributed by atoms with Crippen LogP contribution in [0.4, 0.5) is 4.39 Å². The molecule has 0 radical (unpaired) electrons. The van der Waals surface area contributed by atoms with Crippen molar-refractivity contribution in [3.8, 4) is 0 Å². The molecule has 2 heterocycles. The lowest BCUT2D eigenvalue weighted by atomic mass is 9.81. The predicted octanol–water partition coefficient (Wildman–Crippen LogP) is 2.55. The molecule has 0 aliphatic heterocycles. The van der Waals surface area contributed by atoms with Crippen molar-refractivity contribution in [2.75, 3.05) is 0 Å². The minimum absolute atomic E-state index is 0.185. The largest absolute Gasteiger partial charge is 0.328 e. The van der Waals surface area contributed by atoms with E-state index in [9.17, 15) is 4.39 Å². The number of rotatable bonds is 2. The third-order valence-electron chi connectivity index (χ3n) is 3.57. The highest BCUT2D eigenvalue weighted by Gasteiger charge is 2.35. The number of fused-ring (bicyclic) bond motifs is 1. The zero-order valence-corrected chi connectivity index (χ0v) is 10.4. The Morgan fingerprint density at radius 1 is 1.53 bits per heavy atom. The summed E-state index contributed by atoms with van der Waals surface area (Å²) in [6.45, 7) is 0. The van der Waals surface area contributed by atoms with Gasteiger partial charge in [0.2, 0.25) is 0 Å². The third kappa shape index (κ3) is 2.21. The second-order valence-electron chi connectivity index (χ2n) is 4.99. The van der Waals surface area contributed by atoms with Gasteiger partial charge in [0.1, 0.15) is 5.67 Å². The van der Waals surface area contributed by atoms with Crippen LogP contribution in [0.25, 0.3) is 4.96 Å². The van der Waals surface area contributed by atoms with Gasteiger partial charge < -0.3 is 5.73 Å². The summed E-state index contributed by atoms with van der Waals surface area (Å²) >= 11 is 1.58. The fourth-order valence-corrected chi connectivity index (χ4v) is 3.24. The molecule has 3 nitrogen and oxygen atoms in total. The first-order valence-corrected chi connectivity index (χ1v) is 6.88. The molecule has 1 aliphatic carbocycles. The average Bonchev–Trinajstić information content (AvgIpc) is 2.83. The maximum absolute atomic E-state index is 14.6. The van der Waals surface area contributed by atoms with E-state index < -0.39 is 5.67 Å². The standard InChI is InChI=1S/C12H16FN3S/c13-12(3-1-9(14)2-4-12)7-10-8-16-5-6-17-11(16)15-10/h5-6,8-9H,1-4,7,14H2. The van der Waals surface area contributed by atoms with Crippen LogP contribution >= 0.6 is 11.3 Å². The molecule has 3 rings (SSSR count). The highest BCUT2D eigenvalue weighted by molar-refractivity contribution is 7.15. The van der Waals surface area contributed by atoms with Gasteiger partial charge in [-0.05, 0) is 25.7 Å². The van der Waals surface area contributed by atoms with E-state index in [4.69, 9.17) is 5.73 Å². The monoisotopic (exact) mass is 253 g/mol. The van der Waals surface area contributed by atoms with Gasteiger partial charge in [-0.2, -0.15) is 0 Å². The van der Waals surface area contributed by atoms with Gasteiger partial charge in [0.15, 0.2) is 4.96 Å². The molecule has 17 heavy (non-hydrogen) atoms. The maximum atomic E-state index is 14.6. The Morgan fingerprint density at radius 3 is 3.00 bits per heavy atom. The molecule has 1 saturated carbocycles. The molecule has 92 valence electrons. The van der Waals surface area contributed by atoms with Crippen LogP contribution in [0.3, 0.4) is 0 Å². The van der Waals surface area contributed by atoms with E-state index in [0.717, 1.165) is 23.5 Å². The van der Waals surface area contributed by atoms with Gasteiger partial charge >= 0.3 is 0 Å². The topological polar surface area (TPSA) is 43.3 Å². The number of thiazole rings is 1. The molecule has 2 aromatic rings. The molecule has 0 unspecified atom stereocenters. The summed E-state index contributed by atoms with van der Waals surface area (Å²) in [5.41, 5.74) is 5.57. The van der Waals surface area contributed by atoms with Gasteiger partial charge in [0.05, 0.1) is 5.69 Å². The number of nitrogens with zero attached hydrogens (tertiary/aromatic N) is 2. The first-order chi connectivity index (χ1) is 8.15. The molecule has 1 fully saturated rings. The number of imidazole rings is 1. The van der Waals surface area contributed by atoms with Crippen molar-refractivity contribution in [2.24, 2.45) is 5.73 Å². The Bertz CT molecular complexity index is 482. The van der Waals surface area contributed by atoms with Crippen LogP contribution in [0.5, 0.6) is 0 Å². The summed E-state index contributed by atoms with van der Waals surface area (Å²) in [6, 6.07) is 0.185. The maximum Gasteiger partial charge on any atom is 0.193 e. The van der Waals surface area contributed by atoms with E-state index >= 15 is 0 Å². The second kappa shape index (κ2) is 4.07. The number of nitrogens with two attached hydrogens (primary N) is 1. The first-order valence-electron chi connectivity index (χ1n) is 6.00. The summed E-state index contributed by atoms with van der Waals surface area (Å²) < 4.78 is 16.5. The minimum Gasteiger partial charge on any atom is -0.328 e. The number of hydrogen-bond donors (Lipinski definition) is 1. The van der Waals surface area contributed by atoms with Crippen LogP contribution in [-0.2, 0) is 6.42 Å². The SMILES string of the molecule is NC1CCC(F)(Cc2cn3ccsc3n2)CC1. The molecule has 5 heteroatoms. The summed E-state index contributed by atoms with van der Waals surface area (Å²) in [5, 5.41) is 1.98. The molecule has 2 aromatic heterocycles. The Hall–Kier alpha value is -0.940. The summed E-state index contributed by atoms with van der Waals surface area (Å²) in [7, 11) is 0. The molecule has 0 bridgehead atoms. The van der Waals surface area contributed by atoms with Gasteiger partial charge in [0.25, 0.3) is 0 Å². The molecular formula is C12H16FN3S. The van der Waals surface area contributed by atoms with Gasteiger partial charge in [-0.15, -0.1) is 11.3 Å². The van der Waals surface area contributed by atoms with Crippen molar-refractivity contribution >= 4 is 16.3 Å². The molecule has 0 spiro atoms. The average molecular weight is 253 g/mol. The summed E-state index contributed by atoms with van der Waals surface area (Å²) in [4.78, 5) is 5.38. The number of alkyl halides is 1. The molecule has 0 aromatic carbocycles. The van der Waals surface area contributed by atoms with Gasteiger partial charge in [-0.1, -0.05) is 0 Å². The van der Waals surface area contributed by atoms with Crippen molar-refractivity contribution in [2.45, 2.75) is 43.8 Å². The fourth-order valence-electron chi connectivity index (χ4n) is 2.52. The summed E-state index contributed by atoms with van der Waals surface area (Å²) in [5.74, 6) is 0. The molecule has 0 amide bonds. The van der Waals surface area contributed by atoms with Crippen LogP contribution in [0.1, 0.15) is 31.4 Å². The zero-order chi connectivity index (χ0) is 11.9. The number of halogens is 1. The predicted molar refractivity (Wildman–Crippen MR) is 67.1 cm³/mol. The lowest BCUT2D eigenvalue weighted by Crippen LogP contribution is -2.37. The lowest BCUT2D eigenvalue weighted by Gasteiger charge is -2.31. The quantitative estimate of drug-likeness (QED) is 0.893. The Morgan fingerprint density at radius 2 is 2.29 bits per heavy atom. The smallest absolute Gasteiger partial charge is 0.193 e. The van der Waals surface area contributed by atoms with Crippen LogP contribution < -0.4 is 5.73 Å². The van der Waals surface area contributed by atoms with E-state index in [-0.39, 0.29) is 6.04 Å². The number of aromatic nitrogens is 2. The van der Waals surface area contributed by atoms with Crippen molar-refractivity contribution in [3.63, 3.8) is 0 Å². The molecule has 0 atom stereocenters. The van der Waals surface area contributed by atoms with Crippen LogP contribution in [0, 0.1) is 0 Å². The van der Waals surface area contributed by atoms with Crippen LogP contribution in [0.15, 0.2) is 17.8 Å². The molecule has 1 aliphatic rings. The van der Waals surface area contributed by atoms with Gasteiger partial charge in [-0.3, -0.25) is 4.40 Å². The zero-order valence-electron chi connectivity index (χ0n) is 9.60. The van der Waals surface area contributed by atoms with E-state index in [1.807, 2.05) is 22.2 Å². The Labute approximate surface area is 103 Å². The number of hydrogen-bond acceptors (Lipinski definition) is 3. The van der Waals surface area contributed by atoms with Crippen LogP contribution in [-0.4, -0.2) is 21.1 Å². The lowest BCUT2D eigenvalue weighted by molar-refractivity contribution is 0.0985. The summed E-state index contributed by atoms with van der Waals surface area (Å²) in [6.07, 6.45) is 7.03. The highest BCUT2D eigenvalue weighted by Crippen LogP contribution is 2.34. The van der Waals surface area contributed by atoms with E-state index in [1.54, 1.807) is 11.3 Å². The van der Waals surface area contributed by atoms with Crippen LogP contribution in [0.2, 0.25) is 0 Å². The fraction of sp³-hybridized carbons (Fsp3) is 0.583. The second-order valence-corrected chi connectivity index (χ2v) is 5.86. The highest BCUT2D eigenvalue weighted by atomic mass is 32.1. The van der Waals surface area contributed by atoms with E-state index in [0.29, 0.717) is 19.3 Å². The van der Waals surface area contributed by atoms with Crippen molar-refractivity contribution in [1.82, 2.24) is 9.38 Å². The van der Waals surface area contributed by atoms with E-state index in [2.05, 4.69) is 4.98 Å². The van der Waals surface area contributed by atoms with Gasteiger partial charge in [-0.25, -0.2) is 9.37 Å². The van der Waals surface area contributed by atoms with Crippen molar-refractivity contribution in [1.29, 1.82) is 0 Å². The van der Waals surface area contributed by atoms with E-state index in [1.165, 1.54) is 0 Å². The van der Waals surface area contributed by atoms with Crippen molar-refractivity contribution in [3.05, 3.63) is 23.5 Å². The minimum atomic E-state index is -1.10. The third-order valence-corrected chi connectivity index (χ3v) is 4.34. The molecule has 0 saturated heterocycles. The Balaban J connectivity index is 1.76. The molecular weight excluding hydrogens is 237 g/mol. The normalized spacial score (nSPS) is 29.9. The molecule has 2 N–H and O–H groups in total. The Kier molecular flexibility index (Phi) is 2.67.